The third kappa shape index (κ3) is 4.68. The highest BCUT2D eigenvalue weighted by Gasteiger charge is 2.34. The van der Waals surface area contributed by atoms with Crippen LogP contribution in [0.1, 0.15) is 19.4 Å². The topological polar surface area (TPSA) is 52.6 Å². The third-order valence-electron chi connectivity index (χ3n) is 4.08. The fraction of sp³-hybridized carbons (Fsp3) is 0.182. The Morgan fingerprint density at radius 2 is 1.50 bits per heavy atom. The van der Waals surface area contributed by atoms with Crippen LogP contribution >= 0.6 is 7.60 Å². The van der Waals surface area contributed by atoms with Crippen LogP contribution in [-0.2, 0) is 24.4 Å². The molecule has 0 heterocycles. The second-order valence-corrected chi connectivity index (χ2v) is 9.75. The number of hydrogen-bond acceptors (Lipinski definition) is 4. The van der Waals surface area contributed by atoms with Gasteiger partial charge in [-0.3, -0.25) is 4.57 Å². The monoisotopic (exact) mass is 414 g/mol. The summed E-state index contributed by atoms with van der Waals surface area (Å²) in [5, 5.41) is 2.15. The molecule has 0 bridgehead atoms. The summed E-state index contributed by atoms with van der Waals surface area (Å²) in [6.45, 7) is 3.87. The Kier molecular flexibility index (Phi) is 6.97. The van der Waals surface area contributed by atoms with Crippen LogP contribution in [0.2, 0.25) is 0 Å². The lowest BCUT2D eigenvalue weighted by atomic mass is 10.1. The molecule has 0 radical (unpaired) electrons. The summed E-state index contributed by atoms with van der Waals surface area (Å²) in [6, 6.07) is 22.8. The van der Waals surface area contributed by atoms with Gasteiger partial charge in [-0.1, -0.05) is 54.6 Å². The molecule has 0 spiro atoms. The average Bonchev–Trinajstić information content (AvgIpc) is 2.72. The van der Waals surface area contributed by atoms with Gasteiger partial charge in [0.25, 0.3) is 0 Å². The van der Waals surface area contributed by atoms with E-state index in [0.29, 0.717) is 4.90 Å². The molecule has 0 aliphatic rings. The molecule has 0 saturated carbocycles. The maximum absolute atomic E-state index is 13.5. The molecule has 0 aliphatic carbocycles. The van der Waals surface area contributed by atoms with E-state index in [-0.39, 0.29) is 17.9 Å². The molecule has 3 aromatic carbocycles. The fourth-order valence-electron chi connectivity index (χ4n) is 2.84. The normalized spacial score (nSPS) is 13.6. The van der Waals surface area contributed by atoms with Gasteiger partial charge in [-0.05, 0) is 54.5 Å². The van der Waals surface area contributed by atoms with Crippen molar-refractivity contribution < 1.29 is 17.8 Å². The van der Waals surface area contributed by atoms with Gasteiger partial charge in [-0.15, -0.1) is 0 Å². The molecule has 28 heavy (non-hydrogen) atoms. The summed E-state index contributed by atoms with van der Waals surface area (Å²) < 4.78 is 38.0. The minimum atomic E-state index is -3.72. The smallest absolute Gasteiger partial charge is 0.305 e. The molecule has 0 amide bonds. The summed E-state index contributed by atoms with van der Waals surface area (Å²) in [4.78, 5) is 0.550. The van der Waals surface area contributed by atoms with Crippen molar-refractivity contribution in [3.8, 4) is 0 Å². The van der Waals surface area contributed by atoms with E-state index in [1.54, 1.807) is 44.2 Å². The molecular weight excluding hydrogens is 391 g/mol. The van der Waals surface area contributed by atoms with E-state index >= 15 is 0 Å². The highest BCUT2D eigenvalue weighted by atomic mass is 32.2. The molecule has 0 fully saturated rings. The molecule has 6 heteroatoms. The molecule has 3 aromatic rings. The Hall–Kier alpha value is -2.04. The highest BCUT2D eigenvalue weighted by molar-refractivity contribution is 7.98. The molecule has 0 N–H and O–H groups in total. The Morgan fingerprint density at radius 1 is 0.893 bits per heavy atom. The highest BCUT2D eigenvalue weighted by Crippen LogP contribution is 2.58. The summed E-state index contributed by atoms with van der Waals surface area (Å²) >= 11 is 0. The van der Waals surface area contributed by atoms with Gasteiger partial charge in [0.2, 0.25) is 0 Å². The number of benzene rings is 3. The summed E-state index contributed by atoms with van der Waals surface area (Å²) in [7, 11) is -5.40. The Bertz CT molecular complexity index is 1040. The molecule has 4 nitrogen and oxygen atoms in total. The van der Waals surface area contributed by atoms with Crippen LogP contribution < -0.4 is 0 Å². The molecular formula is C22H23O4PS. The molecule has 1 unspecified atom stereocenters. The quantitative estimate of drug-likeness (QED) is 0.411. The lowest BCUT2D eigenvalue weighted by molar-refractivity contribution is 0.228. The van der Waals surface area contributed by atoms with Crippen LogP contribution in [0.15, 0.2) is 82.3 Å². The standard InChI is InChI=1S/C22H23O4PS/c1-3-25-27(23,26-4-2)22(28(24)21-12-6-5-7-13-21)17-18-14-15-19-10-8-9-11-20(19)16-18/h5-17H,3-4H2,1-2H3/b22-17+. The van der Waals surface area contributed by atoms with Gasteiger partial charge >= 0.3 is 7.60 Å². The SMILES string of the molecule is CCOP(=O)(OCC)/C(=C\c1ccc2ccccc2c1)S(=O)c1ccccc1. The van der Waals surface area contributed by atoms with Crippen molar-refractivity contribution in [1.82, 2.24) is 0 Å². The van der Waals surface area contributed by atoms with Crippen molar-refractivity contribution >= 4 is 35.2 Å². The van der Waals surface area contributed by atoms with E-state index in [0.717, 1.165) is 16.3 Å². The van der Waals surface area contributed by atoms with Gasteiger partial charge in [-0.2, -0.15) is 0 Å². The molecule has 3 rings (SSSR count). The summed E-state index contributed by atoms with van der Waals surface area (Å²) in [5.74, 6) is 0. The van der Waals surface area contributed by atoms with Gasteiger partial charge in [0.05, 0.1) is 24.0 Å². The van der Waals surface area contributed by atoms with Crippen molar-refractivity contribution in [1.29, 1.82) is 0 Å². The van der Waals surface area contributed by atoms with E-state index in [1.807, 2.05) is 48.5 Å². The van der Waals surface area contributed by atoms with Crippen LogP contribution in [0.4, 0.5) is 0 Å². The molecule has 1 atom stereocenters. The van der Waals surface area contributed by atoms with E-state index in [1.165, 1.54) is 0 Å². The molecule has 146 valence electrons. The van der Waals surface area contributed by atoms with Crippen LogP contribution in [-0.4, -0.2) is 17.4 Å². The van der Waals surface area contributed by atoms with Crippen molar-refractivity contribution in [2.45, 2.75) is 18.7 Å². The largest absolute Gasteiger partial charge is 0.370 e. The van der Waals surface area contributed by atoms with Crippen LogP contribution in [0.25, 0.3) is 16.8 Å². The number of fused-ring (bicyclic) bond motifs is 1. The van der Waals surface area contributed by atoms with E-state index in [9.17, 15) is 8.77 Å². The first kappa shape index (κ1) is 20.7. The minimum absolute atomic E-state index is 0.151. The maximum atomic E-state index is 13.5. The van der Waals surface area contributed by atoms with Crippen molar-refractivity contribution in [3.05, 3.63) is 83.0 Å². The van der Waals surface area contributed by atoms with Crippen molar-refractivity contribution in [3.63, 3.8) is 0 Å². The zero-order valence-corrected chi connectivity index (χ0v) is 17.6. The van der Waals surface area contributed by atoms with Crippen LogP contribution in [0.3, 0.4) is 0 Å². The first-order valence-corrected chi connectivity index (χ1v) is 11.8. The Morgan fingerprint density at radius 3 is 2.14 bits per heavy atom. The molecule has 0 aliphatic heterocycles. The number of hydrogen-bond donors (Lipinski definition) is 0. The molecule has 0 aromatic heterocycles. The van der Waals surface area contributed by atoms with Gasteiger partial charge in [0.1, 0.15) is 4.65 Å². The Labute approximate surface area is 168 Å². The second kappa shape index (κ2) is 9.44. The predicted molar refractivity (Wildman–Crippen MR) is 116 cm³/mol. The van der Waals surface area contributed by atoms with Gasteiger partial charge in [0, 0.05) is 4.90 Å². The Balaban J connectivity index is 2.14. The summed E-state index contributed by atoms with van der Waals surface area (Å²) in [5.41, 5.74) is 0.789. The lowest BCUT2D eigenvalue weighted by Gasteiger charge is -2.20. The third-order valence-corrected chi connectivity index (χ3v) is 8.31. The average molecular weight is 414 g/mol. The van der Waals surface area contributed by atoms with E-state index < -0.39 is 18.4 Å². The van der Waals surface area contributed by atoms with Crippen LogP contribution in [0.5, 0.6) is 0 Å². The van der Waals surface area contributed by atoms with Crippen molar-refractivity contribution in [2.75, 3.05) is 13.2 Å². The van der Waals surface area contributed by atoms with E-state index in [4.69, 9.17) is 9.05 Å². The van der Waals surface area contributed by atoms with E-state index in [2.05, 4.69) is 0 Å². The first-order valence-electron chi connectivity index (χ1n) is 9.14. The fourth-order valence-corrected chi connectivity index (χ4v) is 6.49. The summed E-state index contributed by atoms with van der Waals surface area (Å²) in [6.07, 6.45) is 1.67. The second-order valence-electron chi connectivity index (χ2n) is 6.00. The van der Waals surface area contributed by atoms with Crippen LogP contribution in [0, 0.1) is 0 Å². The maximum Gasteiger partial charge on any atom is 0.370 e. The van der Waals surface area contributed by atoms with Gasteiger partial charge in [0.15, 0.2) is 0 Å². The zero-order chi connectivity index (χ0) is 20.0. The van der Waals surface area contributed by atoms with Gasteiger partial charge in [-0.25, -0.2) is 4.21 Å². The zero-order valence-electron chi connectivity index (χ0n) is 15.9. The minimum Gasteiger partial charge on any atom is -0.305 e. The van der Waals surface area contributed by atoms with Crippen molar-refractivity contribution in [2.24, 2.45) is 0 Å². The van der Waals surface area contributed by atoms with Gasteiger partial charge < -0.3 is 9.05 Å². The number of rotatable bonds is 8. The lowest BCUT2D eigenvalue weighted by Crippen LogP contribution is -2.04. The first-order chi connectivity index (χ1) is 13.6. The molecule has 0 saturated heterocycles. The predicted octanol–water partition coefficient (Wildman–Crippen LogP) is 6.21.